The molecular weight excluding hydrogens is 1250 g/mol. The average Bonchev–Trinajstić information content (AvgIpc) is 0.712. The van der Waals surface area contributed by atoms with E-state index in [-0.39, 0.29) is 5.78 Å². The number of nitrogens with zero attached hydrogens (tertiary/aromatic N) is 1. The summed E-state index contributed by atoms with van der Waals surface area (Å²) in [5.74, 6) is 0.107. The third kappa shape index (κ3) is 13.7. The van der Waals surface area contributed by atoms with Gasteiger partial charge in [0.15, 0.2) is 12.4 Å². The molecule has 0 saturated heterocycles. The Hall–Kier alpha value is -9.04. The molecule has 0 atom stereocenters. The summed E-state index contributed by atoms with van der Waals surface area (Å²) in [6.45, 7) is 0.325. The first kappa shape index (κ1) is 65.4. The van der Waals surface area contributed by atoms with Crippen molar-refractivity contribution >= 4 is 66.1 Å². The van der Waals surface area contributed by atoms with Crippen LogP contribution in [0, 0.1) is 0 Å². The van der Waals surface area contributed by atoms with E-state index in [0.717, 1.165) is 11.1 Å². The van der Waals surface area contributed by atoms with Crippen molar-refractivity contribution in [1.82, 2.24) is 0 Å². The van der Waals surface area contributed by atoms with Crippen LogP contribution < -0.4 is 26.4 Å². The molecular formula is C63H34BF24NO. The number of benzene rings is 9. The Morgan fingerprint density at radius 3 is 0.922 bits per heavy atom. The van der Waals surface area contributed by atoms with E-state index in [1.54, 1.807) is 0 Å². The highest BCUT2D eigenvalue weighted by molar-refractivity contribution is 7.20. The molecule has 90 heavy (non-hydrogen) atoms. The lowest BCUT2D eigenvalue weighted by atomic mass is 9.12. The van der Waals surface area contributed by atoms with Crippen molar-refractivity contribution in [3.8, 4) is 11.1 Å². The fourth-order valence-corrected chi connectivity index (χ4v) is 10.7. The van der Waals surface area contributed by atoms with Gasteiger partial charge in [-0.3, -0.25) is 4.79 Å². The molecule has 0 radical (unpaired) electrons. The normalized spacial score (nSPS) is 13.2. The fraction of sp³-hybridized carbons (Fsp3) is 0.143. The Labute approximate surface area is 491 Å². The van der Waals surface area contributed by atoms with Crippen molar-refractivity contribution in [2.24, 2.45) is 0 Å². The number of fused-ring (bicyclic) bond motifs is 3. The van der Waals surface area contributed by atoms with Gasteiger partial charge in [-0.2, -0.15) is 132 Å². The Bertz CT molecular complexity index is 3900. The zero-order chi connectivity index (χ0) is 66.1. The van der Waals surface area contributed by atoms with Gasteiger partial charge in [0.1, 0.15) is 6.15 Å². The third-order valence-electron chi connectivity index (χ3n) is 14.8. The lowest BCUT2D eigenvalue weighted by Gasteiger charge is -2.46. The maximum Gasteiger partial charge on any atom is 0.416 e. The van der Waals surface area contributed by atoms with E-state index in [9.17, 15) is 110 Å². The van der Waals surface area contributed by atoms with Crippen LogP contribution in [0.5, 0.6) is 0 Å². The second kappa shape index (κ2) is 23.1. The number of carbonyl (C=O) groups excluding carboxylic acids is 1. The summed E-state index contributed by atoms with van der Waals surface area (Å²) in [7, 11) is 0. The molecule has 2 nitrogen and oxygen atoms in total. The summed E-state index contributed by atoms with van der Waals surface area (Å²) in [4.78, 5) is 12.6. The zero-order valence-electron chi connectivity index (χ0n) is 44.7. The number of hydrogen-bond acceptors (Lipinski definition) is 1. The number of pyridine rings is 1. The smallest absolute Gasteiger partial charge is 0.287 e. The van der Waals surface area contributed by atoms with Crippen LogP contribution in [0.1, 0.15) is 54.9 Å². The summed E-state index contributed by atoms with van der Waals surface area (Å²) in [5.41, 5.74) is -27.1. The summed E-state index contributed by atoms with van der Waals surface area (Å²) in [5, 5.41) is 7.42. The molecule has 0 spiro atoms. The van der Waals surface area contributed by atoms with E-state index < -0.39 is 195 Å². The second-order valence-corrected chi connectivity index (χ2v) is 20.7. The summed E-state index contributed by atoms with van der Waals surface area (Å²) in [6, 6.07) is 28.8. The SMILES string of the molecule is FC(F)(F)c1cc([B-](c2cc(C(F)(F)F)cc(C(F)(F)F)c2)(c2cc(C(F)(F)F)cc(C(F)(F)F)c2)c2cc(C(F)(F)F)cc(C(F)(F)F)c2)cc(C(F)(F)F)c1.O=C(C[n+]1ccc(-c2c3ccccc3cc3cc4ccccc4cc23)cc1)c1ccccc1. The fourth-order valence-electron chi connectivity index (χ4n) is 10.7. The largest absolute Gasteiger partial charge is 0.416 e. The Kier molecular flexibility index (Phi) is 16.8. The van der Waals surface area contributed by atoms with Crippen molar-refractivity contribution in [3.05, 3.63) is 244 Å². The molecule has 10 rings (SSSR count). The molecule has 0 fully saturated rings. The maximum atomic E-state index is 14.2. The monoisotopic (exact) mass is 1290 g/mol. The van der Waals surface area contributed by atoms with Crippen LogP contribution in [0.2, 0.25) is 0 Å². The van der Waals surface area contributed by atoms with Gasteiger partial charge >= 0.3 is 49.4 Å². The second-order valence-electron chi connectivity index (χ2n) is 20.7. The number of Topliss-reactive ketones (excluding diaryl/α,β-unsaturated/α-hetero) is 1. The molecule has 468 valence electrons. The molecule has 0 aliphatic carbocycles. The number of hydrogen-bond donors (Lipinski definition) is 0. The van der Waals surface area contributed by atoms with Gasteiger partial charge in [0, 0.05) is 17.7 Å². The lowest BCUT2D eigenvalue weighted by Crippen LogP contribution is -2.75. The van der Waals surface area contributed by atoms with Crippen LogP contribution in [-0.4, -0.2) is 11.9 Å². The van der Waals surface area contributed by atoms with E-state index >= 15 is 0 Å². The molecule has 27 heteroatoms. The van der Waals surface area contributed by atoms with Crippen LogP contribution >= 0.6 is 0 Å². The standard InChI is InChI=1S/C32H12BF24.C31H22NO/c34-25(35,36)13-1-14(26(37,38)39)6-21(5-13)33(22-7-15(27(40,41)42)2-16(8-22)28(43,44)45,23-9-17(29(46,47)48)3-18(10-23)30(49,50)51)24-11-19(31(52,53)54)4-20(12-24)32(55,56)57;33-30(22-8-2-1-3-9-22)21-32-16-14-23(15-17-32)31-28-13-7-6-12-26(28)19-27-18-24-10-4-5-11-25(24)20-29(27)31/h1-12H;1-20H,21H2/q-1;+1. The first-order valence-corrected chi connectivity index (χ1v) is 25.8. The van der Waals surface area contributed by atoms with E-state index in [4.69, 9.17) is 0 Å². The van der Waals surface area contributed by atoms with Crippen molar-refractivity contribution in [2.75, 3.05) is 0 Å². The van der Waals surface area contributed by atoms with E-state index in [1.165, 1.54) is 37.9 Å². The summed E-state index contributed by atoms with van der Waals surface area (Å²) >= 11 is 0. The molecule has 10 aromatic rings. The van der Waals surface area contributed by atoms with Gasteiger partial charge < -0.3 is 0 Å². The minimum atomic E-state index is -6.13. The number of halogens is 24. The molecule has 0 N–H and O–H groups in total. The first-order valence-electron chi connectivity index (χ1n) is 25.8. The van der Waals surface area contributed by atoms with Gasteiger partial charge in [-0.15, -0.1) is 0 Å². The lowest BCUT2D eigenvalue weighted by molar-refractivity contribution is -0.683. The van der Waals surface area contributed by atoms with Gasteiger partial charge in [0.25, 0.3) is 0 Å². The van der Waals surface area contributed by atoms with E-state index in [0.29, 0.717) is 6.54 Å². The number of rotatable bonds is 8. The topological polar surface area (TPSA) is 20.9 Å². The molecule has 1 heterocycles. The van der Waals surface area contributed by atoms with Crippen molar-refractivity contribution in [1.29, 1.82) is 0 Å². The van der Waals surface area contributed by atoms with Gasteiger partial charge in [0.2, 0.25) is 12.3 Å². The minimum Gasteiger partial charge on any atom is -0.287 e. The van der Waals surface area contributed by atoms with Crippen LogP contribution in [0.15, 0.2) is 194 Å². The van der Waals surface area contributed by atoms with Gasteiger partial charge in [-0.25, -0.2) is 0 Å². The molecule has 0 bridgehead atoms. The van der Waals surface area contributed by atoms with E-state index in [2.05, 4.69) is 78.9 Å². The van der Waals surface area contributed by atoms with Gasteiger partial charge in [-0.1, -0.05) is 127 Å². The summed E-state index contributed by atoms with van der Waals surface area (Å²) in [6.07, 6.45) is -50.8. The number of ketones is 1. The number of alkyl halides is 24. The Balaban J connectivity index is 0.000000244. The van der Waals surface area contributed by atoms with Crippen LogP contribution in [0.25, 0.3) is 43.4 Å². The summed E-state index contributed by atoms with van der Waals surface area (Å²) < 4.78 is 343. The third-order valence-corrected chi connectivity index (χ3v) is 14.8. The quantitative estimate of drug-likeness (QED) is 0.0488. The molecule has 9 aromatic carbocycles. The van der Waals surface area contributed by atoms with Crippen molar-refractivity contribution in [3.63, 3.8) is 0 Å². The predicted octanol–water partition coefficient (Wildman–Crippen LogP) is 18.2. The minimum absolute atomic E-state index is 0.107. The predicted molar refractivity (Wildman–Crippen MR) is 285 cm³/mol. The Morgan fingerprint density at radius 1 is 0.300 bits per heavy atom. The average molecular weight is 1290 g/mol. The molecule has 0 amide bonds. The van der Waals surface area contributed by atoms with Gasteiger partial charge in [0.05, 0.1) is 44.5 Å². The molecule has 0 unspecified atom stereocenters. The van der Waals surface area contributed by atoms with Crippen LogP contribution in [0.4, 0.5) is 105 Å². The molecule has 1 aromatic heterocycles. The van der Waals surface area contributed by atoms with Crippen LogP contribution in [-0.2, 0) is 56.0 Å². The zero-order valence-corrected chi connectivity index (χ0v) is 44.7. The molecule has 0 aliphatic rings. The molecule has 0 saturated carbocycles. The highest BCUT2D eigenvalue weighted by Gasteiger charge is 2.47. The van der Waals surface area contributed by atoms with Gasteiger partial charge in [-0.05, 0) is 85.9 Å². The van der Waals surface area contributed by atoms with Crippen LogP contribution in [0.3, 0.4) is 0 Å². The highest BCUT2D eigenvalue weighted by atomic mass is 19.4. The van der Waals surface area contributed by atoms with Crippen molar-refractivity contribution in [2.45, 2.75) is 56.0 Å². The van der Waals surface area contributed by atoms with Crippen molar-refractivity contribution < 1.29 is 115 Å². The maximum absolute atomic E-state index is 14.2. The van der Waals surface area contributed by atoms with E-state index in [1.807, 2.05) is 47.3 Å². The first-order chi connectivity index (χ1) is 41.5. The number of aromatic nitrogens is 1. The molecule has 0 aliphatic heterocycles. The Morgan fingerprint density at radius 2 is 0.589 bits per heavy atom. The number of carbonyl (C=O) groups is 1. The highest BCUT2D eigenvalue weighted by Crippen LogP contribution is 2.43.